The Morgan fingerprint density at radius 3 is 2.31 bits per heavy atom. The Morgan fingerprint density at radius 2 is 1.69 bits per heavy atom. The van der Waals surface area contributed by atoms with Gasteiger partial charge in [-0.1, -0.05) is 0 Å². The van der Waals surface area contributed by atoms with Gasteiger partial charge in [0.15, 0.2) is 6.61 Å². The van der Waals surface area contributed by atoms with Gasteiger partial charge in [-0.3, -0.25) is 9.59 Å². The summed E-state index contributed by atoms with van der Waals surface area (Å²) in [5.74, 6) is -1.20. The maximum absolute atomic E-state index is 12.8. The number of carbonyl (C=O) groups is 3. The largest absolute Gasteiger partial charge is 0.573 e. The maximum Gasteiger partial charge on any atom is 0.573 e. The molecule has 13 heteroatoms. The molecule has 2 atom stereocenters. The lowest BCUT2D eigenvalue weighted by Gasteiger charge is -2.27. The Bertz CT molecular complexity index is 1060. The number of nitrogens with zero attached hydrogens (tertiary/aromatic N) is 1. The molecule has 0 saturated carbocycles. The van der Waals surface area contributed by atoms with Crippen LogP contribution >= 0.6 is 0 Å². The number of anilines is 1. The van der Waals surface area contributed by atoms with Gasteiger partial charge in [0.2, 0.25) is 0 Å². The van der Waals surface area contributed by atoms with E-state index in [1.165, 1.54) is 41.3 Å². The molecule has 0 radical (unpaired) electrons. The number of aliphatic hydroxyl groups is 1. The first kappa shape index (κ1) is 26.6. The third kappa shape index (κ3) is 8.05. The van der Waals surface area contributed by atoms with Crippen LogP contribution in [0.5, 0.6) is 11.5 Å². The van der Waals surface area contributed by atoms with Crippen LogP contribution in [-0.2, 0) is 4.79 Å². The van der Waals surface area contributed by atoms with Crippen LogP contribution in [0.1, 0.15) is 23.2 Å². The number of aliphatic hydroxyl groups excluding tert-OH is 1. The molecule has 2 aromatic carbocycles. The molecule has 1 fully saturated rings. The average molecular weight is 510 g/mol. The first-order chi connectivity index (χ1) is 17.0. The zero-order chi connectivity index (χ0) is 26.3. The molecule has 0 aromatic heterocycles. The summed E-state index contributed by atoms with van der Waals surface area (Å²) < 4.78 is 45.9. The van der Waals surface area contributed by atoms with Crippen LogP contribution in [0.2, 0.25) is 0 Å². The first-order valence-electron chi connectivity index (χ1n) is 10.9. The molecule has 5 N–H and O–H groups in total. The number of hydrogen-bond donors (Lipinski definition) is 4. The van der Waals surface area contributed by atoms with Crippen molar-refractivity contribution in [3.8, 4) is 11.5 Å². The Balaban J connectivity index is 1.59. The molecule has 0 aliphatic carbocycles. The van der Waals surface area contributed by atoms with Crippen LogP contribution < -0.4 is 25.8 Å². The molecule has 0 spiro atoms. The molecular weight excluding hydrogens is 485 g/mol. The van der Waals surface area contributed by atoms with Gasteiger partial charge in [0.1, 0.15) is 11.5 Å². The van der Waals surface area contributed by atoms with Gasteiger partial charge in [-0.25, -0.2) is 4.79 Å². The van der Waals surface area contributed by atoms with E-state index in [9.17, 15) is 32.7 Å². The minimum Gasteiger partial charge on any atom is -0.484 e. The van der Waals surface area contributed by atoms with E-state index in [0.717, 1.165) is 12.1 Å². The summed E-state index contributed by atoms with van der Waals surface area (Å²) in [6.45, 7) is 0.00738. The van der Waals surface area contributed by atoms with Crippen molar-refractivity contribution >= 4 is 23.5 Å². The van der Waals surface area contributed by atoms with E-state index in [-0.39, 0.29) is 24.4 Å². The number of nitrogens with two attached hydrogens (primary N) is 1. The second-order valence-electron chi connectivity index (χ2n) is 8.02. The van der Waals surface area contributed by atoms with Crippen LogP contribution in [0.4, 0.5) is 23.7 Å². The third-order valence-electron chi connectivity index (χ3n) is 5.25. The molecule has 10 nitrogen and oxygen atoms in total. The van der Waals surface area contributed by atoms with Crippen molar-refractivity contribution in [3.05, 3.63) is 54.1 Å². The van der Waals surface area contributed by atoms with E-state index >= 15 is 0 Å². The van der Waals surface area contributed by atoms with E-state index < -0.39 is 42.1 Å². The summed E-state index contributed by atoms with van der Waals surface area (Å²) in [6.07, 6.45) is -4.90. The van der Waals surface area contributed by atoms with Crippen LogP contribution in [0, 0.1) is 0 Å². The lowest BCUT2D eigenvalue weighted by Crippen LogP contribution is -2.50. The fourth-order valence-corrected chi connectivity index (χ4v) is 3.52. The number of halogens is 3. The highest BCUT2D eigenvalue weighted by Crippen LogP contribution is 2.24. The number of alkyl halides is 3. The van der Waals surface area contributed by atoms with Crippen LogP contribution in [-0.4, -0.2) is 66.1 Å². The molecule has 2 aromatic rings. The fraction of sp³-hybridized carbons (Fsp3) is 0.348. The Kier molecular flexibility index (Phi) is 8.59. The average Bonchev–Trinajstić information content (AvgIpc) is 2.99. The predicted molar refractivity (Wildman–Crippen MR) is 121 cm³/mol. The quantitative estimate of drug-likeness (QED) is 0.450. The van der Waals surface area contributed by atoms with Gasteiger partial charge in [0.25, 0.3) is 11.8 Å². The molecule has 194 valence electrons. The Labute approximate surface area is 204 Å². The second kappa shape index (κ2) is 11.6. The summed E-state index contributed by atoms with van der Waals surface area (Å²) in [7, 11) is 0. The highest BCUT2D eigenvalue weighted by molar-refractivity contribution is 5.94. The number of urea groups is 1. The summed E-state index contributed by atoms with van der Waals surface area (Å²) in [5, 5.41) is 15.8. The summed E-state index contributed by atoms with van der Waals surface area (Å²) in [5.41, 5.74) is 5.55. The molecule has 2 unspecified atom stereocenters. The number of benzene rings is 2. The highest BCUT2D eigenvalue weighted by atomic mass is 19.4. The molecule has 1 aliphatic heterocycles. The normalized spacial score (nSPS) is 18.1. The first-order valence-corrected chi connectivity index (χ1v) is 10.9. The number of rotatable bonds is 7. The smallest absolute Gasteiger partial charge is 0.484 e. The SMILES string of the molecule is NC(=O)COc1ccc(C(=O)NC2CN(C(=O)Nc3ccc(OC(F)(F)F)cc3)CCCC2O)cc1. The monoisotopic (exact) mass is 510 g/mol. The van der Waals surface area contributed by atoms with E-state index in [4.69, 9.17) is 10.5 Å². The van der Waals surface area contributed by atoms with Gasteiger partial charge in [0, 0.05) is 24.3 Å². The maximum atomic E-state index is 12.8. The molecule has 1 heterocycles. The Morgan fingerprint density at radius 1 is 1.06 bits per heavy atom. The molecule has 0 bridgehead atoms. The van der Waals surface area contributed by atoms with E-state index in [2.05, 4.69) is 15.4 Å². The number of carbonyl (C=O) groups excluding carboxylic acids is 3. The van der Waals surface area contributed by atoms with Gasteiger partial charge in [-0.05, 0) is 61.4 Å². The molecular formula is C23H25F3N4O6. The summed E-state index contributed by atoms with van der Waals surface area (Å²) in [4.78, 5) is 37.7. The number of likely N-dealkylation sites (tertiary alicyclic amines) is 1. The van der Waals surface area contributed by atoms with Crippen LogP contribution in [0.15, 0.2) is 48.5 Å². The number of nitrogens with one attached hydrogen (secondary N) is 2. The fourth-order valence-electron chi connectivity index (χ4n) is 3.52. The highest BCUT2D eigenvalue weighted by Gasteiger charge is 2.31. The Hall–Kier alpha value is -4.00. The molecule has 3 rings (SSSR count). The zero-order valence-corrected chi connectivity index (χ0v) is 19.0. The van der Waals surface area contributed by atoms with Gasteiger partial charge in [0.05, 0.1) is 12.1 Å². The van der Waals surface area contributed by atoms with E-state index in [0.29, 0.717) is 25.1 Å². The standard InChI is InChI=1S/C23H25F3N4O6/c24-23(25,26)36-17-9-5-15(6-10-17)28-22(34)30-11-1-2-19(31)18(12-30)29-21(33)14-3-7-16(8-4-14)35-13-20(27)32/h3-10,18-19,31H,1-2,11-13H2,(H2,27,32)(H,28,34)(H,29,33). The molecule has 1 saturated heterocycles. The number of hydrogen-bond acceptors (Lipinski definition) is 6. The van der Waals surface area contributed by atoms with Crippen molar-refractivity contribution in [3.63, 3.8) is 0 Å². The van der Waals surface area contributed by atoms with Gasteiger partial charge >= 0.3 is 12.4 Å². The molecule has 36 heavy (non-hydrogen) atoms. The second-order valence-corrected chi connectivity index (χ2v) is 8.02. The van der Waals surface area contributed by atoms with Crippen molar-refractivity contribution in [2.24, 2.45) is 5.73 Å². The van der Waals surface area contributed by atoms with E-state index in [1.807, 2.05) is 0 Å². The lowest BCUT2D eigenvalue weighted by molar-refractivity contribution is -0.274. The van der Waals surface area contributed by atoms with E-state index in [1.54, 1.807) is 0 Å². The molecule has 4 amide bonds. The number of ether oxygens (including phenoxy) is 2. The van der Waals surface area contributed by atoms with Crippen molar-refractivity contribution in [1.29, 1.82) is 0 Å². The van der Waals surface area contributed by atoms with Crippen molar-refractivity contribution in [2.45, 2.75) is 31.3 Å². The van der Waals surface area contributed by atoms with Gasteiger partial charge in [-0.2, -0.15) is 0 Å². The van der Waals surface area contributed by atoms with Gasteiger partial charge in [-0.15, -0.1) is 13.2 Å². The minimum atomic E-state index is -4.82. The number of amides is 4. The van der Waals surface area contributed by atoms with Crippen LogP contribution in [0.25, 0.3) is 0 Å². The third-order valence-corrected chi connectivity index (χ3v) is 5.25. The van der Waals surface area contributed by atoms with Crippen molar-refractivity contribution in [2.75, 3.05) is 25.0 Å². The number of primary amides is 1. The zero-order valence-electron chi connectivity index (χ0n) is 19.0. The topological polar surface area (TPSA) is 143 Å². The van der Waals surface area contributed by atoms with Crippen molar-refractivity contribution in [1.82, 2.24) is 10.2 Å². The minimum absolute atomic E-state index is 0.00775. The summed E-state index contributed by atoms with van der Waals surface area (Å²) in [6, 6.07) is 9.31. The van der Waals surface area contributed by atoms with Gasteiger partial charge < -0.3 is 35.8 Å². The van der Waals surface area contributed by atoms with Crippen LogP contribution in [0.3, 0.4) is 0 Å². The summed E-state index contributed by atoms with van der Waals surface area (Å²) >= 11 is 0. The lowest BCUT2D eigenvalue weighted by atomic mass is 10.1. The van der Waals surface area contributed by atoms with Crippen molar-refractivity contribution < 1.29 is 42.1 Å². The molecule has 1 aliphatic rings. The predicted octanol–water partition coefficient (Wildman–Crippen LogP) is 2.24.